The fraction of sp³-hybridized carbons (Fsp3) is 0.800. The minimum atomic E-state index is 0.274. The summed E-state index contributed by atoms with van der Waals surface area (Å²) in [6.45, 7) is 4.21. The van der Waals surface area contributed by atoms with Crippen molar-refractivity contribution >= 4 is 16.7 Å². The molecule has 0 amide bonds. The lowest BCUT2D eigenvalue weighted by atomic mass is 10.2. The zero-order valence-electron chi connectivity index (χ0n) is 9.23. The SMILES string of the molecule is CC(C)c1nsc(NC2CCCC2N)n1. The number of hydrogen-bond acceptors (Lipinski definition) is 5. The summed E-state index contributed by atoms with van der Waals surface area (Å²) in [6.07, 6.45) is 3.49. The van der Waals surface area contributed by atoms with Gasteiger partial charge in [0.15, 0.2) is 0 Å². The lowest BCUT2D eigenvalue weighted by Crippen LogP contribution is -2.35. The summed E-state index contributed by atoms with van der Waals surface area (Å²) in [7, 11) is 0. The fourth-order valence-electron chi connectivity index (χ4n) is 1.85. The van der Waals surface area contributed by atoms with E-state index in [-0.39, 0.29) is 6.04 Å². The van der Waals surface area contributed by atoms with Crippen molar-refractivity contribution in [3.05, 3.63) is 5.82 Å². The molecule has 1 saturated carbocycles. The fourth-order valence-corrected chi connectivity index (χ4v) is 2.62. The van der Waals surface area contributed by atoms with E-state index >= 15 is 0 Å². The molecule has 0 bridgehead atoms. The molecule has 0 spiro atoms. The zero-order chi connectivity index (χ0) is 10.8. The quantitative estimate of drug-likeness (QED) is 0.827. The number of nitrogens with one attached hydrogen (secondary N) is 1. The maximum absolute atomic E-state index is 5.99. The Morgan fingerprint density at radius 2 is 2.27 bits per heavy atom. The first-order valence-electron chi connectivity index (χ1n) is 5.52. The van der Waals surface area contributed by atoms with Gasteiger partial charge in [0, 0.05) is 29.5 Å². The van der Waals surface area contributed by atoms with Crippen LogP contribution in [0, 0.1) is 0 Å². The van der Waals surface area contributed by atoms with Crippen LogP contribution in [0.25, 0.3) is 0 Å². The molecule has 1 aliphatic carbocycles. The first-order chi connectivity index (χ1) is 7.16. The van der Waals surface area contributed by atoms with Crippen molar-refractivity contribution in [1.29, 1.82) is 0 Å². The third-order valence-electron chi connectivity index (χ3n) is 2.84. The molecule has 0 aliphatic heterocycles. The normalized spacial score (nSPS) is 26.1. The van der Waals surface area contributed by atoms with Crippen LogP contribution in [0.3, 0.4) is 0 Å². The van der Waals surface area contributed by atoms with Crippen molar-refractivity contribution in [3.63, 3.8) is 0 Å². The second-order valence-corrected chi connectivity index (χ2v) is 5.21. The highest BCUT2D eigenvalue weighted by atomic mass is 32.1. The van der Waals surface area contributed by atoms with Crippen LogP contribution in [0.1, 0.15) is 44.9 Å². The summed E-state index contributed by atoms with van der Waals surface area (Å²) in [5, 5.41) is 4.30. The molecular formula is C10H18N4S. The lowest BCUT2D eigenvalue weighted by Gasteiger charge is -2.15. The van der Waals surface area contributed by atoms with Crippen LogP contribution in [0.2, 0.25) is 0 Å². The molecule has 5 heteroatoms. The molecule has 84 valence electrons. The van der Waals surface area contributed by atoms with Gasteiger partial charge in [-0.2, -0.15) is 4.37 Å². The van der Waals surface area contributed by atoms with Crippen LogP contribution in [-0.2, 0) is 0 Å². The molecule has 0 radical (unpaired) electrons. The second kappa shape index (κ2) is 4.45. The summed E-state index contributed by atoms with van der Waals surface area (Å²) in [5.41, 5.74) is 5.99. The summed E-state index contributed by atoms with van der Waals surface area (Å²) in [5.74, 6) is 1.32. The van der Waals surface area contributed by atoms with E-state index in [4.69, 9.17) is 5.73 Å². The molecular weight excluding hydrogens is 208 g/mol. The van der Waals surface area contributed by atoms with E-state index in [0.717, 1.165) is 23.8 Å². The van der Waals surface area contributed by atoms with Gasteiger partial charge in [0.25, 0.3) is 0 Å². The maximum Gasteiger partial charge on any atom is 0.202 e. The molecule has 1 fully saturated rings. The molecule has 0 aromatic carbocycles. The Hall–Kier alpha value is -0.680. The first kappa shape index (κ1) is 10.8. The van der Waals surface area contributed by atoms with Crippen LogP contribution in [0.15, 0.2) is 0 Å². The Morgan fingerprint density at radius 3 is 2.80 bits per heavy atom. The average molecular weight is 226 g/mol. The highest BCUT2D eigenvalue weighted by Crippen LogP contribution is 2.24. The monoisotopic (exact) mass is 226 g/mol. The number of nitrogens with two attached hydrogens (primary N) is 1. The Labute approximate surface area is 94.5 Å². The molecule has 1 aliphatic rings. The second-order valence-electron chi connectivity index (χ2n) is 4.46. The molecule has 1 aromatic heterocycles. The number of nitrogens with zero attached hydrogens (tertiary/aromatic N) is 2. The van der Waals surface area contributed by atoms with Crippen molar-refractivity contribution < 1.29 is 0 Å². The summed E-state index contributed by atoms with van der Waals surface area (Å²) >= 11 is 1.44. The van der Waals surface area contributed by atoms with Gasteiger partial charge in [-0.3, -0.25) is 0 Å². The van der Waals surface area contributed by atoms with E-state index in [2.05, 4.69) is 28.5 Å². The molecule has 2 unspecified atom stereocenters. The van der Waals surface area contributed by atoms with Gasteiger partial charge in [0.1, 0.15) is 5.82 Å². The van der Waals surface area contributed by atoms with Crippen LogP contribution < -0.4 is 11.1 Å². The van der Waals surface area contributed by atoms with Crippen LogP contribution >= 0.6 is 11.5 Å². The number of anilines is 1. The smallest absolute Gasteiger partial charge is 0.202 e. The van der Waals surface area contributed by atoms with Crippen LogP contribution in [0.4, 0.5) is 5.13 Å². The molecule has 2 atom stereocenters. The van der Waals surface area contributed by atoms with Gasteiger partial charge in [-0.1, -0.05) is 13.8 Å². The van der Waals surface area contributed by atoms with Gasteiger partial charge in [0.05, 0.1) is 0 Å². The van der Waals surface area contributed by atoms with E-state index in [1.54, 1.807) is 0 Å². The van der Waals surface area contributed by atoms with Crippen molar-refractivity contribution in [3.8, 4) is 0 Å². The Kier molecular flexibility index (Phi) is 3.21. The largest absolute Gasteiger partial charge is 0.356 e. The predicted octanol–water partition coefficient (Wildman–Crippen LogP) is 1.95. The van der Waals surface area contributed by atoms with Crippen LogP contribution in [0.5, 0.6) is 0 Å². The summed E-state index contributed by atoms with van der Waals surface area (Å²) in [4.78, 5) is 4.45. The van der Waals surface area contributed by atoms with Crippen molar-refractivity contribution in [2.24, 2.45) is 5.73 Å². The molecule has 2 rings (SSSR count). The van der Waals surface area contributed by atoms with Gasteiger partial charge < -0.3 is 11.1 Å². The van der Waals surface area contributed by atoms with Gasteiger partial charge in [-0.15, -0.1) is 0 Å². The van der Waals surface area contributed by atoms with E-state index < -0.39 is 0 Å². The van der Waals surface area contributed by atoms with Gasteiger partial charge in [-0.25, -0.2) is 4.98 Å². The summed E-state index contributed by atoms with van der Waals surface area (Å²) < 4.78 is 4.31. The van der Waals surface area contributed by atoms with Crippen molar-refractivity contribution in [2.45, 2.75) is 51.1 Å². The molecule has 0 saturated heterocycles. The molecule has 1 aromatic rings. The minimum Gasteiger partial charge on any atom is -0.356 e. The standard InChI is InChI=1S/C10H18N4S/c1-6(2)9-13-10(15-14-9)12-8-5-3-4-7(8)11/h6-8H,3-5,11H2,1-2H3,(H,12,13,14). The topological polar surface area (TPSA) is 63.8 Å². The van der Waals surface area contributed by atoms with E-state index in [0.29, 0.717) is 12.0 Å². The number of aromatic nitrogens is 2. The maximum atomic E-state index is 5.99. The highest BCUT2D eigenvalue weighted by Gasteiger charge is 2.24. The Balaban J connectivity index is 1.98. The highest BCUT2D eigenvalue weighted by molar-refractivity contribution is 7.09. The summed E-state index contributed by atoms with van der Waals surface area (Å²) in [6, 6.07) is 0.661. The van der Waals surface area contributed by atoms with Crippen LogP contribution in [-0.4, -0.2) is 21.4 Å². The van der Waals surface area contributed by atoms with Crippen molar-refractivity contribution in [1.82, 2.24) is 9.36 Å². The molecule has 4 nitrogen and oxygen atoms in total. The Morgan fingerprint density at radius 1 is 1.47 bits per heavy atom. The number of rotatable bonds is 3. The van der Waals surface area contributed by atoms with E-state index in [1.165, 1.54) is 18.0 Å². The van der Waals surface area contributed by atoms with E-state index in [9.17, 15) is 0 Å². The third-order valence-corrected chi connectivity index (χ3v) is 3.50. The first-order valence-corrected chi connectivity index (χ1v) is 6.30. The van der Waals surface area contributed by atoms with Crippen molar-refractivity contribution in [2.75, 3.05) is 5.32 Å². The lowest BCUT2D eigenvalue weighted by molar-refractivity contribution is 0.636. The molecule has 3 N–H and O–H groups in total. The average Bonchev–Trinajstić information content (AvgIpc) is 2.77. The molecule has 1 heterocycles. The van der Waals surface area contributed by atoms with Gasteiger partial charge in [0.2, 0.25) is 5.13 Å². The zero-order valence-corrected chi connectivity index (χ0v) is 10.0. The third kappa shape index (κ3) is 2.46. The predicted molar refractivity (Wildman–Crippen MR) is 63.2 cm³/mol. The van der Waals surface area contributed by atoms with Gasteiger partial charge >= 0.3 is 0 Å². The number of hydrogen-bond donors (Lipinski definition) is 2. The molecule has 15 heavy (non-hydrogen) atoms. The minimum absolute atomic E-state index is 0.274. The van der Waals surface area contributed by atoms with E-state index in [1.807, 2.05) is 0 Å². The Bertz CT molecular complexity index is 323. The van der Waals surface area contributed by atoms with Gasteiger partial charge in [-0.05, 0) is 19.3 Å².